The summed E-state index contributed by atoms with van der Waals surface area (Å²) in [6.07, 6.45) is 2.85. The Hall–Kier alpha value is -1.04. The molecule has 0 amide bonds. The third-order valence-corrected chi connectivity index (χ3v) is 3.60. The predicted molar refractivity (Wildman–Crippen MR) is 97.2 cm³/mol. The number of ketones is 1. The largest absolute Gasteiger partial charge is 0.496 e. The highest BCUT2D eigenvalue weighted by atomic mass is 127. The van der Waals surface area contributed by atoms with E-state index in [2.05, 4.69) is 42.7 Å². The van der Waals surface area contributed by atoms with Crippen LogP contribution in [-0.4, -0.2) is 23.9 Å². The maximum Gasteiger partial charge on any atom is 0.163 e. The second-order valence-corrected chi connectivity index (χ2v) is 5.40. The lowest BCUT2D eigenvalue weighted by Gasteiger charge is -2.16. The monoisotopic (exact) mass is 404 g/mol. The Labute approximate surface area is 141 Å². The molecule has 1 aromatic carbocycles. The van der Waals surface area contributed by atoms with Crippen molar-refractivity contribution in [3.63, 3.8) is 0 Å². The molecule has 0 aromatic heterocycles. The predicted octanol–water partition coefficient (Wildman–Crippen LogP) is 4.86. The molecule has 21 heavy (non-hydrogen) atoms. The van der Waals surface area contributed by atoms with Gasteiger partial charge in [-0.05, 0) is 31.9 Å². The van der Waals surface area contributed by atoms with Crippen molar-refractivity contribution in [3.8, 4) is 11.5 Å². The van der Waals surface area contributed by atoms with Gasteiger partial charge < -0.3 is 9.47 Å². The number of ether oxygens (including phenoxy) is 2. The molecule has 0 fully saturated rings. The Morgan fingerprint density at radius 3 is 2.48 bits per heavy atom. The van der Waals surface area contributed by atoms with Crippen molar-refractivity contribution >= 4 is 28.4 Å². The normalized spacial score (nSPS) is 9.52. The molecule has 3 nitrogen and oxygen atoms in total. The van der Waals surface area contributed by atoms with E-state index in [-0.39, 0.29) is 5.78 Å². The molecule has 0 aliphatic heterocycles. The zero-order valence-electron chi connectivity index (χ0n) is 13.2. The number of benzene rings is 1. The summed E-state index contributed by atoms with van der Waals surface area (Å²) in [5, 5.41) is 0. The van der Waals surface area contributed by atoms with E-state index in [1.165, 1.54) is 0 Å². The first-order valence-corrected chi connectivity index (χ1v) is 8.57. The van der Waals surface area contributed by atoms with Crippen molar-refractivity contribution < 1.29 is 14.3 Å². The van der Waals surface area contributed by atoms with Gasteiger partial charge in [0.1, 0.15) is 11.5 Å². The van der Waals surface area contributed by atoms with Gasteiger partial charge in [-0.2, -0.15) is 0 Å². The van der Waals surface area contributed by atoms with Crippen LogP contribution >= 0.6 is 22.6 Å². The average Bonchev–Trinajstić information content (AvgIpc) is 2.50. The van der Waals surface area contributed by atoms with Crippen LogP contribution in [0.3, 0.4) is 0 Å². The quantitative estimate of drug-likeness (QED) is 0.204. The van der Waals surface area contributed by atoms with Crippen molar-refractivity contribution in [1.82, 2.24) is 0 Å². The van der Waals surface area contributed by atoms with E-state index in [1.54, 1.807) is 20.1 Å². The van der Waals surface area contributed by atoms with E-state index in [0.29, 0.717) is 17.9 Å². The van der Waals surface area contributed by atoms with E-state index in [4.69, 9.17) is 9.47 Å². The lowest BCUT2D eigenvalue weighted by Crippen LogP contribution is -2.06. The van der Waals surface area contributed by atoms with Crippen LogP contribution in [0.15, 0.2) is 25.3 Å². The van der Waals surface area contributed by atoms with Crippen LogP contribution in [0.2, 0.25) is 0 Å². The summed E-state index contributed by atoms with van der Waals surface area (Å²) >= 11 is 2.33. The van der Waals surface area contributed by atoms with Gasteiger partial charge in [-0.3, -0.25) is 4.79 Å². The molecule has 1 rings (SSSR count). The number of carbonyl (C=O) groups is 1. The van der Waals surface area contributed by atoms with Gasteiger partial charge in [-0.1, -0.05) is 35.9 Å². The zero-order chi connectivity index (χ0) is 16.3. The minimum Gasteiger partial charge on any atom is -0.496 e. The van der Waals surface area contributed by atoms with Crippen molar-refractivity contribution in [2.24, 2.45) is 0 Å². The lowest BCUT2D eigenvalue weighted by atomic mass is 10.0. The number of hydrogen-bond acceptors (Lipinski definition) is 3. The number of Topliss-reactive ketones (excluding diaryl/α,β-unsaturated/α-hetero) is 1. The van der Waals surface area contributed by atoms with Crippen LogP contribution in [0, 0.1) is 0 Å². The third kappa shape index (κ3) is 6.08. The first-order valence-electron chi connectivity index (χ1n) is 7.05. The van der Waals surface area contributed by atoms with E-state index in [0.717, 1.165) is 35.0 Å². The number of hydrogen-bond donors (Lipinski definition) is 0. The maximum absolute atomic E-state index is 11.6. The fourth-order valence-corrected chi connectivity index (χ4v) is 2.29. The van der Waals surface area contributed by atoms with Crippen LogP contribution < -0.4 is 9.47 Å². The molecule has 1 aromatic rings. The molecule has 4 heteroatoms. The Morgan fingerprint density at radius 2 is 2.00 bits per heavy atom. The van der Waals surface area contributed by atoms with Crippen LogP contribution in [0.4, 0.5) is 0 Å². The Morgan fingerprint density at radius 1 is 1.33 bits per heavy atom. The topological polar surface area (TPSA) is 35.5 Å². The molecule has 0 saturated heterocycles. The summed E-state index contributed by atoms with van der Waals surface area (Å²) < 4.78 is 12.3. The summed E-state index contributed by atoms with van der Waals surface area (Å²) in [7, 11) is 1.61. The molecule has 0 heterocycles. The summed E-state index contributed by atoms with van der Waals surface area (Å²) in [6, 6.07) is 3.68. The van der Waals surface area contributed by atoms with Crippen LogP contribution in [0.25, 0.3) is 0 Å². The van der Waals surface area contributed by atoms with Gasteiger partial charge in [-0.25, -0.2) is 0 Å². The van der Waals surface area contributed by atoms with E-state index >= 15 is 0 Å². The fraction of sp³-hybridized carbons (Fsp3) is 0.471. The lowest BCUT2D eigenvalue weighted by molar-refractivity contribution is 0.101. The highest BCUT2D eigenvalue weighted by Gasteiger charge is 2.17. The van der Waals surface area contributed by atoms with Gasteiger partial charge in [-0.15, -0.1) is 13.2 Å². The molecular weight excluding hydrogens is 379 g/mol. The molecule has 0 N–H and O–H groups in total. The third-order valence-electron chi connectivity index (χ3n) is 2.84. The van der Waals surface area contributed by atoms with Crippen LogP contribution in [0.5, 0.6) is 11.5 Å². The van der Waals surface area contributed by atoms with Crippen LogP contribution in [-0.2, 0) is 6.42 Å². The molecular formula is C17H25IO3. The number of carbonyl (C=O) groups excluding carboxylic acids is 1. The summed E-state index contributed by atoms with van der Waals surface area (Å²) in [4.78, 5) is 11.6. The SMILES string of the molecule is C=C.CCCc1c(OCCCI)ccc(C(C)=O)c1OC. The molecule has 0 atom stereocenters. The zero-order valence-corrected chi connectivity index (χ0v) is 15.4. The van der Waals surface area contributed by atoms with Crippen molar-refractivity contribution in [1.29, 1.82) is 0 Å². The van der Waals surface area contributed by atoms with Crippen LogP contribution in [0.1, 0.15) is 42.6 Å². The standard InChI is InChI=1S/C15H21IO3.C2H4/c1-4-6-13-14(19-10-5-9-16)8-7-12(11(2)17)15(13)18-3;1-2/h7-8H,4-6,9-10H2,1-3H3;1-2H2. The van der Waals surface area contributed by atoms with E-state index in [1.807, 2.05) is 6.07 Å². The van der Waals surface area contributed by atoms with Gasteiger partial charge in [0.05, 0.1) is 19.3 Å². The van der Waals surface area contributed by atoms with Crippen molar-refractivity contribution in [2.75, 3.05) is 18.1 Å². The van der Waals surface area contributed by atoms with Gasteiger partial charge in [0.25, 0.3) is 0 Å². The molecule has 0 radical (unpaired) electrons. The number of halogens is 1. The Bertz CT molecular complexity index is 444. The maximum atomic E-state index is 11.6. The molecule has 0 bridgehead atoms. The first-order chi connectivity index (χ1) is 10.2. The van der Waals surface area contributed by atoms with Crippen molar-refractivity contribution in [2.45, 2.75) is 33.1 Å². The minimum absolute atomic E-state index is 0.0213. The Balaban J connectivity index is 0.00000191. The molecule has 118 valence electrons. The summed E-state index contributed by atoms with van der Waals surface area (Å²) in [5.74, 6) is 1.53. The van der Waals surface area contributed by atoms with E-state index in [9.17, 15) is 4.79 Å². The fourth-order valence-electron chi connectivity index (χ4n) is 1.98. The van der Waals surface area contributed by atoms with Crippen molar-refractivity contribution in [3.05, 3.63) is 36.4 Å². The molecule has 0 unspecified atom stereocenters. The average molecular weight is 404 g/mol. The second kappa shape index (κ2) is 11.6. The summed E-state index contributed by atoms with van der Waals surface area (Å²) in [5.41, 5.74) is 1.64. The van der Waals surface area contributed by atoms with Gasteiger partial charge in [0.15, 0.2) is 5.78 Å². The van der Waals surface area contributed by atoms with Gasteiger partial charge >= 0.3 is 0 Å². The number of rotatable bonds is 8. The second-order valence-electron chi connectivity index (χ2n) is 4.32. The molecule has 0 spiro atoms. The van der Waals surface area contributed by atoms with E-state index < -0.39 is 0 Å². The highest BCUT2D eigenvalue weighted by molar-refractivity contribution is 14.1. The molecule has 0 saturated carbocycles. The molecule has 0 aliphatic carbocycles. The number of alkyl halides is 1. The smallest absolute Gasteiger partial charge is 0.163 e. The molecule has 0 aliphatic rings. The highest BCUT2D eigenvalue weighted by Crippen LogP contribution is 2.33. The first kappa shape index (κ1) is 20.0. The number of methoxy groups -OCH3 is 1. The Kier molecular flexibility index (Phi) is 11.0. The minimum atomic E-state index is 0.0213. The van der Waals surface area contributed by atoms with Gasteiger partial charge in [0, 0.05) is 9.99 Å². The van der Waals surface area contributed by atoms with Gasteiger partial charge in [0.2, 0.25) is 0 Å². The summed E-state index contributed by atoms with van der Waals surface area (Å²) in [6.45, 7) is 10.4.